The average Bonchev–Trinajstić information content (AvgIpc) is 3.70. The number of rotatable bonds is 7. The van der Waals surface area contributed by atoms with Crippen molar-refractivity contribution < 1.29 is 33.2 Å². The van der Waals surface area contributed by atoms with Crippen LogP contribution in [-0.4, -0.2) is 20.5 Å². The fourth-order valence-electron chi connectivity index (χ4n) is 5.54. The topological polar surface area (TPSA) is 68.2 Å². The van der Waals surface area contributed by atoms with E-state index < -0.39 is 0 Å². The van der Waals surface area contributed by atoms with E-state index in [9.17, 15) is 19.0 Å². The molecule has 0 fully saturated rings. The van der Waals surface area contributed by atoms with E-state index in [1.54, 1.807) is 79.1 Å². The van der Waals surface area contributed by atoms with Gasteiger partial charge in [0.05, 0.1) is 7.11 Å². The highest BCUT2D eigenvalue weighted by molar-refractivity contribution is 9.69. The molecule has 2 aromatic heterocycles. The molecule has 6 aromatic carbocycles. The van der Waals surface area contributed by atoms with E-state index in [0.717, 1.165) is 59.0 Å². The number of thiophene rings is 2. The van der Waals surface area contributed by atoms with Crippen molar-refractivity contribution in [2.75, 3.05) is 7.11 Å². The summed E-state index contributed by atoms with van der Waals surface area (Å²) in [4.78, 5) is 0. The number of phenols is 2. The second kappa shape index (κ2) is 18.5. The molecule has 0 aliphatic rings. The van der Waals surface area contributed by atoms with Gasteiger partial charge >= 0.3 is 3.18 Å². The van der Waals surface area contributed by atoms with Gasteiger partial charge in [0.15, 0.2) is 10.1 Å². The summed E-state index contributed by atoms with van der Waals surface area (Å²) < 4.78 is 46.3. The lowest BCUT2D eigenvalue weighted by Crippen LogP contribution is -1.86. The number of methoxy groups -OCH3 is 1. The summed E-state index contributed by atoms with van der Waals surface area (Å²) in [5, 5.41) is 22.6. The highest BCUT2D eigenvalue weighted by atomic mass is 79.9. The highest BCUT2D eigenvalue weighted by Crippen LogP contribution is 2.48. The second-order valence-corrected chi connectivity index (χ2v) is 20.3. The Morgan fingerprint density at radius 3 is 1.40 bits per heavy atom. The molecule has 0 saturated carbocycles. The van der Waals surface area contributed by atoms with E-state index in [0.29, 0.717) is 10.8 Å². The number of ether oxygens (including phenoxy) is 3. The molecule has 0 saturated heterocycles. The SMILES string of the molecule is BrB(Br)Br.COc1ccc(Oc2sc3cc(C)ccc3c2-c2ccc(F)cc2)cc1.Oc1ccc(Oc2sc3cc(O)ccc3c2-c2ccc(F)cc2)cc1. The van der Waals surface area contributed by atoms with Crippen LogP contribution in [-0.2, 0) is 0 Å². The first-order valence-corrected chi connectivity index (χ1v) is 20.9. The first-order chi connectivity index (χ1) is 26.5. The van der Waals surface area contributed by atoms with Crippen molar-refractivity contribution in [2.45, 2.75) is 6.92 Å². The number of fused-ring (bicyclic) bond motifs is 2. The van der Waals surface area contributed by atoms with Gasteiger partial charge in [0.25, 0.3) is 0 Å². The molecule has 13 heteroatoms. The van der Waals surface area contributed by atoms with Crippen molar-refractivity contribution in [3.05, 3.63) is 151 Å². The van der Waals surface area contributed by atoms with Crippen LogP contribution in [0.25, 0.3) is 42.4 Å². The Bertz CT molecular complexity index is 2510. The number of hydrogen-bond donors (Lipinski definition) is 2. The number of hydrogen-bond acceptors (Lipinski definition) is 7. The van der Waals surface area contributed by atoms with E-state index in [-0.39, 0.29) is 26.3 Å². The molecule has 0 spiro atoms. The normalized spacial score (nSPS) is 10.6. The van der Waals surface area contributed by atoms with Crippen molar-refractivity contribution in [1.82, 2.24) is 0 Å². The van der Waals surface area contributed by atoms with Crippen LogP contribution in [0.1, 0.15) is 5.56 Å². The smallest absolute Gasteiger partial charge is 0.369 e. The predicted octanol–water partition coefficient (Wildman–Crippen LogP) is 14.9. The number of benzene rings is 6. The number of aromatic hydroxyl groups is 2. The lowest BCUT2D eigenvalue weighted by Gasteiger charge is -2.08. The van der Waals surface area contributed by atoms with E-state index in [4.69, 9.17) is 14.2 Å². The zero-order valence-corrected chi connectivity index (χ0v) is 35.5. The van der Waals surface area contributed by atoms with Crippen molar-refractivity contribution in [1.29, 1.82) is 0 Å². The van der Waals surface area contributed by atoms with Crippen molar-refractivity contribution in [3.63, 3.8) is 0 Å². The summed E-state index contributed by atoms with van der Waals surface area (Å²) in [6.45, 7) is 2.07. The van der Waals surface area contributed by atoms with E-state index in [2.05, 4.69) is 72.4 Å². The molecule has 0 aliphatic carbocycles. The molecule has 0 aliphatic heterocycles. The minimum atomic E-state index is -0.304. The van der Waals surface area contributed by atoms with Crippen LogP contribution in [0.3, 0.4) is 0 Å². The fourth-order valence-corrected chi connectivity index (χ4v) is 7.86. The summed E-state index contributed by atoms with van der Waals surface area (Å²) in [5.74, 6) is 1.88. The quantitative estimate of drug-likeness (QED) is 0.156. The molecule has 5 nitrogen and oxygen atoms in total. The summed E-state index contributed by atoms with van der Waals surface area (Å²) in [7, 11) is 1.64. The third-order valence-electron chi connectivity index (χ3n) is 8.04. The van der Waals surface area contributed by atoms with Crippen molar-refractivity contribution in [3.8, 4) is 61.1 Å². The summed E-state index contributed by atoms with van der Waals surface area (Å²) in [6, 6.07) is 38.1. The Hall–Kier alpha value is -4.40. The van der Waals surface area contributed by atoms with Crippen LogP contribution < -0.4 is 14.2 Å². The van der Waals surface area contributed by atoms with Gasteiger partial charge in [-0.05, 0) is 121 Å². The molecular formula is C42H30BBr3F2O5S2. The Balaban J connectivity index is 0.000000171. The first-order valence-electron chi connectivity index (χ1n) is 16.5. The minimum absolute atomic E-state index is 0.160. The molecule has 8 aromatic rings. The largest absolute Gasteiger partial charge is 0.508 e. The lowest BCUT2D eigenvalue weighted by molar-refractivity contribution is 0.413. The van der Waals surface area contributed by atoms with Gasteiger partial charge in [0, 0.05) is 31.3 Å². The number of halogens is 5. The maximum Gasteiger partial charge on any atom is 0.369 e. The number of phenolic OH excluding ortho intramolecular Hbond substituents is 2. The molecule has 0 atom stereocenters. The summed E-state index contributed by atoms with van der Waals surface area (Å²) in [5.41, 5.74) is 4.78. The predicted molar refractivity (Wildman–Crippen MR) is 235 cm³/mol. The molecule has 55 heavy (non-hydrogen) atoms. The van der Waals surface area contributed by atoms with Crippen LogP contribution >= 0.6 is 69.9 Å². The minimum Gasteiger partial charge on any atom is -0.508 e. The van der Waals surface area contributed by atoms with Crippen LogP contribution in [0.5, 0.6) is 38.9 Å². The Labute approximate surface area is 349 Å². The van der Waals surface area contributed by atoms with Crippen molar-refractivity contribution >= 4 is 93.3 Å². The monoisotopic (exact) mass is 964 g/mol. The van der Waals surface area contributed by atoms with Crippen LogP contribution in [0, 0.1) is 18.6 Å². The summed E-state index contributed by atoms with van der Waals surface area (Å²) >= 11 is 12.3. The highest BCUT2D eigenvalue weighted by Gasteiger charge is 2.18. The van der Waals surface area contributed by atoms with Crippen LogP contribution in [0.2, 0.25) is 0 Å². The van der Waals surface area contributed by atoms with Gasteiger partial charge < -0.3 is 24.4 Å². The van der Waals surface area contributed by atoms with E-state index in [1.165, 1.54) is 41.2 Å². The Kier molecular flexibility index (Phi) is 13.5. The molecule has 2 heterocycles. The van der Waals surface area contributed by atoms with Gasteiger partial charge in [-0.15, -0.1) is 47.3 Å². The average molecular weight is 967 g/mol. The van der Waals surface area contributed by atoms with Gasteiger partial charge in [-0.3, -0.25) is 0 Å². The van der Waals surface area contributed by atoms with Gasteiger partial charge in [0.2, 0.25) is 0 Å². The molecule has 0 radical (unpaired) electrons. The van der Waals surface area contributed by atoms with E-state index >= 15 is 0 Å². The second-order valence-electron chi connectivity index (χ2n) is 11.8. The van der Waals surface area contributed by atoms with Crippen LogP contribution in [0.4, 0.5) is 8.78 Å². The van der Waals surface area contributed by atoms with Gasteiger partial charge in [-0.2, -0.15) is 0 Å². The molecule has 0 unspecified atom stereocenters. The molecule has 278 valence electrons. The standard InChI is InChI=1S/C22H17FO2S.C20H13FO3S.BBr3/c1-14-3-12-19-20(13-14)26-22(21(19)15-4-6-16(23)7-5-15)25-18-10-8-17(24-2)9-11-18;21-13-3-1-12(2-4-13)19-17-10-7-15(23)11-18(17)25-20(19)24-16-8-5-14(22)6-9-16;2-1(3)4/h3-13H,1-2H3;1-11,22-23H;. The molecule has 0 amide bonds. The number of aryl methyl sites for hydroxylation is 1. The molecule has 8 rings (SSSR count). The van der Waals surface area contributed by atoms with Crippen molar-refractivity contribution in [2.24, 2.45) is 0 Å². The summed E-state index contributed by atoms with van der Waals surface area (Å²) in [6.07, 6.45) is 0. The Morgan fingerprint density at radius 1 is 0.527 bits per heavy atom. The molecule has 2 N–H and O–H groups in total. The molecular weight excluding hydrogens is 937 g/mol. The third kappa shape index (κ3) is 10.5. The van der Waals surface area contributed by atoms with Gasteiger partial charge in [-0.1, -0.05) is 59.1 Å². The third-order valence-corrected chi connectivity index (χ3v) is 10.1. The fraction of sp³-hybridized carbons (Fsp3) is 0.0476. The maximum absolute atomic E-state index is 13.4. The van der Waals surface area contributed by atoms with Crippen LogP contribution in [0.15, 0.2) is 133 Å². The van der Waals surface area contributed by atoms with E-state index in [1.807, 2.05) is 30.3 Å². The molecule has 0 bridgehead atoms. The maximum atomic E-state index is 13.4. The Morgan fingerprint density at radius 2 is 0.927 bits per heavy atom. The lowest BCUT2D eigenvalue weighted by atomic mass is 10.0. The van der Waals surface area contributed by atoms with Gasteiger partial charge in [0.1, 0.15) is 40.4 Å². The zero-order valence-electron chi connectivity index (χ0n) is 29.1. The first kappa shape index (κ1) is 40.3. The zero-order chi connectivity index (χ0) is 39.1. The van der Waals surface area contributed by atoms with Gasteiger partial charge in [-0.25, -0.2) is 8.78 Å².